The minimum absolute atomic E-state index is 0.0743. The van der Waals surface area contributed by atoms with E-state index in [1.54, 1.807) is 39.0 Å². The van der Waals surface area contributed by atoms with Crippen LogP contribution in [0.1, 0.15) is 32.8 Å². The number of nitrogens with one attached hydrogen (secondary N) is 1. The van der Waals surface area contributed by atoms with Crippen molar-refractivity contribution >= 4 is 50.7 Å². The first kappa shape index (κ1) is 28.8. The molecule has 192 valence electrons. The van der Waals surface area contributed by atoms with Crippen LogP contribution >= 0.6 is 23.2 Å². The van der Waals surface area contributed by atoms with Crippen molar-refractivity contribution in [1.29, 1.82) is 0 Å². The molecule has 0 heterocycles. The molecule has 0 aliphatic rings. The maximum atomic E-state index is 13.8. The third-order valence-corrected chi connectivity index (χ3v) is 6.90. The Bertz CT molecular complexity index is 1200. The molecule has 0 unspecified atom stereocenters. The summed E-state index contributed by atoms with van der Waals surface area (Å²) in [6.07, 6.45) is 1.07. The van der Waals surface area contributed by atoms with E-state index in [4.69, 9.17) is 23.2 Å². The fraction of sp³-hybridized carbons (Fsp3) is 0.391. The lowest BCUT2D eigenvalue weighted by Gasteiger charge is -2.33. The summed E-state index contributed by atoms with van der Waals surface area (Å²) in [6, 6.07) is 6.09. The summed E-state index contributed by atoms with van der Waals surface area (Å²) in [4.78, 5) is 27.6. The summed E-state index contributed by atoms with van der Waals surface area (Å²) in [5, 5.41) is 3.31. The number of carbonyl (C=O) groups excluding carboxylic acids is 2. The van der Waals surface area contributed by atoms with E-state index in [1.807, 2.05) is 0 Å². The number of sulfonamides is 1. The summed E-state index contributed by atoms with van der Waals surface area (Å²) in [5.74, 6) is -3.57. The van der Waals surface area contributed by atoms with Crippen molar-refractivity contribution in [2.45, 2.75) is 45.8 Å². The average molecular weight is 550 g/mol. The Morgan fingerprint density at radius 1 is 1.03 bits per heavy atom. The third-order valence-electron chi connectivity index (χ3n) is 5.02. The van der Waals surface area contributed by atoms with Crippen LogP contribution in [-0.2, 0) is 26.2 Å². The standard InChI is InChI=1S/C23H27Cl2F2N3O4S/c1-5-21(23(32)28-14(2)3)29(12-15-6-8-17(24)18(25)10-15)22(31)13-30(35(4,33)34)16-7-9-19(26)20(27)11-16/h6-11,14,21H,5,12-13H2,1-4H3,(H,28,32)/t21-/m1/s1. The van der Waals surface area contributed by atoms with Crippen LogP contribution in [0.4, 0.5) is 14.5 Å². The van der Waals surface area contributed by atoms with Gasteiger partial charge in [-0.05, 0) is 50.1 Å². The molecule has 0 bridgehead atoms. The van der Waals surface area contributed by atoms with Crippen LogP contribution in [0, 0.1) is 11.6 Å². The SMILES string of the molecule is CC[C@H](C(=O)NC(C)C)N(Cc1ccc(Cl)c(Cl)c1)C(=O)CN(c1ccc(F)c(F)c1)S(C)(=O)=O. The number of nitrogens with zero attached hydrogens (tertiary/aromatic N) is 2. The molecule has 7 nitrogen and oxygen atoms in total. The molecule has 2 aromatic carbocycles. The molecular weight excluding hydrogens is 523 g/mol. The monoisotopic (exact) mass is 549 g/mol. The molecule has 0 spiro atoms. The maximum absolute atomic E-state index is 13.8. The van der Waals surface area contributed by atoms with E-state index in [9.17, 15) is 26.8 Å². The van der Waals surface area contributed by atoms with Gasteiger partial charge in [-0.25, -0.2) is 17.2 Å². The Hall–Kier alpha value is -2.43. The number of carbonyl (C=O) groups is 2. The van der Waals surface area contributed by atoms with E-state index in [-0.39, 0.29) is 29.7 Å². The predicted octanol–water partition coefficient (Wildman–Crippen LogP) is 4.37. The lowest BCUT2D eigenvalue weighted by molar-refractivity contribution is -0.140. The maximum Gasteiger partial charge on any atom is 0.244 e. The van der Waals surface area contributed by atoms with Gasteiger partial charge >= 0.3 is 0 Å². The number of rotatable bonds is 10. The van der Waals surface area contributed by atoms with Gasteiger partial charge in [-0.15, -0.1) is 0 Å². The highest BCUT2D eigenvalue weighted by atomic mass is 35.5. The number of hydrogen-bond donors (Lipinski definition) is 1. The van der Waals surface area contributed by atoms with Gasteiger partial charge in [0.25, 0.3) is 0 Å². The predicted molar refractivity (Wildman–Crippen MR) is 133 cm³/mol. The Morgan fingerprint density at radius 3 is 2.20 bits per heavy atom. The van der Waals surface area contributed by atoms with Crippen molar-refractivity contribution in [1.82, 2.24) is 10.2 Å². The van der Waals surface area contributed by atoms with Gasteiger partial charge < -0.3 is 10.2 Å². The largest absolute Gasteiger partial charge is 0.352 e. The summed E-state index contributed by atoms with van der Waals surface area (Å²) in [6.45, 7) is 4.43. The van der Waals surface area contributed by atoms with Crippen molar-refractivity contribution in [3.8, 4) is 0 Å². The topological polar surface area (TPSA) is 86.8 Å². The third kappa shape index (κ3) is 7.78. The molecule has 12 heteroatoms. The number of hydrogen-bond acceptors (Lipinski definition) is 4. The minimum atomic E-state index is -4.08. The number of halogens is 4. The molecule has 0 aliphatic heterocycles. The highest BCUT2D eigenvalue weighted by molar-refractivity contribution is 7.92. The van der Waals surface area contributed by atoms with Crippen LogP contribution in [0.15, 0.2) is 36.4 Å². The smallest absolute Gasteiger partial charge is 0.244 e. The molecule has 2 aromatic rings. The van der Waals surface area contributed by atoms with Crippen LogP contribution in [-0.4, -0.2) is 50.0 Å². The Labute approximate surface area is 214 Å². The molecule has 0 saturated heterocycles. The average Bonchev–Trinajstić information content (AvgIpc) is 2.75. The molecular formula is C23H27Cl2F2N3O4S. The molecule has 1 N–H and O–H groups in total. The zero-order chi connectivity index (χ0) is 26.5. The first-order chi connectivity index (χ1) is 16.2. The van der Waals surface area contributed by atoms with Gasteiger partial charge in [0.05, 0.1) is 22.0 Å². The molecule has 1 atom stereocenters. The summed E-state index contributed by atoms with van der Waals surface area (Å²) < 4.78 is 52.8. The van der Waals surface area contributed by atoms with Crippen LogP contribution in [0.5, 0.6) is 0 Å². The van der Waals surface area contributed by atoms with E-state index in [1.165, 1.54) is 4.90 Å². The summed E-state index contributed by atoms with van der Waals surface area (Å²) in [7, 11) is -4.08. The second-order valence-corrected chi connectivity index (χ2v) is 10.9. The van der Waals surface area contributed by atoms with Gasteiger partial charge in [0, 0.05) is 18.7 Å². The first-order valence-corrected chi connectivity index (χ1v) is 13.3. The summed E-state index contributed by atoms with van der Waals surface area (Å²) >= 11 is 12.1. The van der Waals surface area contributed by atoms with E-state index in [2.05, 4.69) is 5.32 Å². The van der Waals surface area contributed by atoms with Crippen LogP contribution in [0.25, 0.3) is 0 Å². The first-order valence-electron chi connectivity index (χ1n) is 10.7. The summed E-state index contributed by atoms with van der Waals surface area (Å²) in [5.41, 5.74) is 0.330. The van der Waals surface area contributed by atoms with Gasteiger partial charge in [-0.3, -0.25) is 13.9 Å². The molecule has 0 fully saturated rings. The molecule has 0 saturated carbocycles. The Morgan fingerprint density at radius 2 is 1.69 bits per heavy atom. The van der Waals surface area contributed by atoms with Gasteiger partial charge in [0.15, 0.2) is 11.6 Å². The van der Waals surface area contributed by atoms with E-state index in [0.29, 0.717) is 21.0 Å². The van der Waals surface area contributed by atoms with E-state index < -0.39 is 46.1 Å². The van der Waals surface area contributed by atoms with Crippen molar-refractivity contribution in [2.75, 3.05) is 17.1 Å². The lowest BCUT2D eigenvalue weighted by Crippen LogP contribution is -2.53. The van der Waals surface area contributed by atoms with Crippen molar-refractivity contribution in [3.63, 3.8) is 0 Å². The van der Waals surface area contributed by atoms with E-state index >= 15 is 0 Å². The van der Waals surface area contributed by atoms with Gasteiger partial charge in [0.1, 0.15) is 12.6 Å². The Kier molecular flexibility index (Phi) is 9.88. The van der Waals surface area contributed by atoms with Gasteiger partial charge in [-0.1, -0.05) is 36.2 Å². The molecule has 0 radical (unpaired) electrons. The zero-order valence-corrected chi connectivity index (χ0v) is 22.0. The van der Waals surface area contributed by atoms with E-state index in [0.717, 1.165) is 18.4 Å². The van der Waals surface area contributed by atoms with Crippen LogP contribution in [0.2, 0.25) is 10.0 Å². The Balaban J connectivity index is 2.48. The quantitative estimate of drug-likeness (QED) is 0.476. The van der Waals surface area contributed by atoms with Crippen molar-refractivity contribution in [2.24, 2.45) is 0 Å². The van der Waals surface area contributed by atoms with Gasteiger partial charge in [0.2, 0.25) is 21.8 Å². The highest BCUT2D eigenvalue weighted by Crippen LogP contribution is 2.25. The van der Waals surface area contributed by atoms with Crippen molar-refractivity contribution < 1.29 is 26.8 Å². The number of anilines is 1. The highest BCUT2D eigenvalue weighted by Gasteiger charge is 2.32. The fourth-order valence-electron chi connectivity index (χ4n) is 3.39. The number of amides is 2. The van der Waals surface area contributed by atoms with Gasteiger partial charge in [-0.2, -0.15) is 0 Å². The molecule has 35 heavy (non-hydrogen) atoms. The second kappa shape index (κ2) is 12.0. The zero-order valence-electron chi connectivity index (χ0n) is 19.7. The van der Waals surface area contributed by atoms with Crippen LogP contribution < -0.4 is 9.62 Å². The number of benzene rings is 2. The molecule has 2 amide bonds. The molecule has 0 aliphatic carbocycles. The molecule has 2 rings (SSSR count). The second-order valence-electron chi connectivity index (χ2n) is 8.23. The lowest BCUT2D eigenvalue weighted by atomic mass is 10.1. The minimum Gasteiger partial charge on any atom is -0.352 e. The molecule has 0 aromatic heterocycles. The van der Waals surface area contributed by atoms with Crippen molar-refractivity contribution in [3.05, 3.63) is 63.6 Å². The fourth-order valence-corrected chi connectivity index (χ4v) is 4.55. The van der Waals surface area contributed by atoms with Crippen LogP contribution in [0.3, 0.4) is 0 Å². The normalized spacial score (nSPS) is 12.4.